The van der Waals surface area contributed by atoms with Gasteiger partial charge in [0.25, 0.3) is 0 Å². The van der Waals surface area contributed by atoms with Crippen LogP contribution in [0.5, 0.6) is 0 Å². The molecule has 2 rings (SSSR count). The Hall–Kier alpha value is -1.23. The maximum atomic E-state index is 14.1. The van der Waals surface area contributed by atoms with Crippen molar-refractivity contribution in [1.29, 1.82) is 0 Å². The number of hydrogen-bond acceptors (Lipinski definition) is 2. The third-order valence-corrected chi connectivity index (χ3v) is 4.08. The van der Waals surface area contributed by atoms with Crippen molar-refractivity contribution in [2.75, 3.05) is 13.6 Å². The van der Waals surface area contributed by atoms with Crippen LogP contribution in [-0.2, 0) is 6.54 Å². The number of rotatable bonds is 5. The normalized spacial score (nSPS) is 12.7. The second-order valence-corrected chi connectivity index (χ2v) is 6.24. The molecule has 0 bridgehead atoms. The van der Waals surface area contributed by atoms with Crippen LogP contribution in [0.15, 0.2) is 46.9 Å². The van der Waals surface area contributed by atoms with Gasteiger partial charge in [-0.1, -0.05) is 45.8 Å². The van der Waals surface area contributed by atoms with E-state index in [2.05, 4.69) is 46.0 Å². The van der Waals surface area contributed by atoms with E-state index in [-0.39, 0.29) is 11.9 Å². The van der Waals surface area contributed by atoms with E-state index >= 15 is 0 Å². The number of nitrogens with zero attached hydrogens (tertiary/aromatic N) is 1. The van der Waals surface area contributed by atoms with E-state index in [9.17, 15) is 4.39 Å². The van der Waals surface area contributed by atoms with Gasteiger partial charge in [-0.05, 0) is 37.7 Å². The van der Waals surface area contributed by atoms with Crippen LogP contribution < -0.4 is 5.73 Å². The van der Waals surface area contributed by atoms with Crippen LogP contribution in [0.1, 0.15) is 22.7 Å². The number of benzene rings is 2. The molecule has 0 spiro atoms. The SMILES string of the molecule is Cc1cccc(CN(C)C(CN)c2cc(Br)ccc2F)c1. The van der Waals surface area contributed by atoms with E-state index in [0.717, 1.165) is 11.0 Å². The fraction of sp³-hybridized carbons (Fsp3) is 0.294. The van der Waals surface area contributed by atoms with Crippen molar-refractivity contribution in [2.24, 2.45) is 5.73 Å². The minimum absolute atomic E-state index is 0.150. The summed E-state index contributed by atoms with van der Waals surface area (Å²) in [7, 11) is 1.97. The Kier molecular flexibility index (Phi) is 5.51. The quantitative estimate of drug-likeness (QED) is 0.881. The molecule has 0 aliphatic heterocycles. The zero-order chi connectivity index (χ0) is 15.4. The molecule has 0 amide bonds. The molecule has 0 aliphatic rings. The number of hydrogen-bond donors (Lipinski definition) is 1. The topological polar surface area (TPSA) is 29.3 Å². The first-order valence-corrected chi connectivity index (χ1v) is 7.71. The van der Waals surface area contributed by atoms with Gasteiger partial charge in [-0.15, -0.1) is 0 Å². The van der Waals surface area contributed by atoms with Crippen LogP contribution >= 0.6 is 15.9 Å². The van der Waals surface area contributed by atoms with Crippen molar-refractivity contribution >= 4 is 15.9 Å². The summed E-state index contributed by atoms with van der Waals surface area (Å²) < 4.78 is 14.9. The van der Waals surface area contributed by atoms with Crippen LogP contribution in [0.4, 0.5) is 4.39 Å². The number of aryl methyl sites for hydroxylation is 1. The molecular weight excluding hydrogens is 331 g/mol. The van der Waals surface area contributed by atoms with Crippen LogP contribution in [0.2, 0.25) is 0 Å². The lowest BCUT2D eigenvalue weighted by atomic mass is 10.0. The first kappa shape index (κ1) is 16.1. The molecule has 0 saturated carbocycles. The zero-order valence-corrected chi connectivity index (χ0v) is 13.9. The van der Waals surface area contributed by atoms with Crippen molar-refractivity contribution in [3.63, 3.8) is 0 Å². The minimum atomic E-state index is -0.218. The van der Waals surface area contributed by atoms with Crippen molar-refractivity contribution in [2.45, 2.75) is 19.5 Å². The largest absolute Gasteiger partial charge is 0.329 e. The average Bonchev–Trinajstić information content (AvgIpc) is 2.43. The molecule has 2 N–H and O–H groups in total. The van der Waals surface area contributed by atoms with Gasteiger partial charge in [0.2, 0.25) is 0 Å². The molecule has 0 radical (unpaired) electrons. The number of likely N-dealkylation sites (N-methyl/N-ethyl adjacent to an activating group) is 1. The minimum Gasteiger partial charge on any atom is -0.329 e. The number of halogens is 2. The fourth-order valence-electron chi connectivity index (χ4n) is 2.52. The summed E-state index contributed by atoms with van der Waals surface area (Å²) in [5.74, 6) is -0.218. The molecular formula is C17H20BrFN2. The Morgan fingerprint density at radius 3 is 2.67 bits per heavy atom. The highest BCUT2D eigenvalue weighted by molar-refractivity contribution is 9.10. The molecule has 0 heterocycles. The molecule has 21 heavy (non-hydrogen) atoms. The summed E-state index contributed by atoms with van der Waals surface area (Å²) in [5, 5.41) is 0. The number of nitrogens with two attached hydrogens (primary N) is 1. The second kappa shape index (κ2) is 7.16. The van der Waals surface area contributed by atoms with Crippen LogP contribution in [0.25, 0.3) is 0 Å². The molecule has 2 nitrogen and oxygen atoms in total. The van der Waals surface area contributed by atoms with Gasteiger partial charge >= 0.3 is 0 Å². The summed E-state index contributed by atoms with van der Waals surface area (Å²) in [6.45, 7) is 3.17. The molecule has 4 heteroatoms. The second-order valence-electron chi connectivity index (χ2n) is 5.32. The van der Waals surface area contributed by atoms with Crippen molar-refractivity contribution < 1.29 is 4.39 Å². The van der Waals surface area contributed by atoms with Gasteiger partial charge in [0.1, 0.15) is 5.82 Å². The predicted octanol–water partition coefficient (Wildman–Crippen LogP) is 4.03. The lowest BCUT2D eigenvalue weighted by Crippen LogP contribution is -2.31. The van der Waals surface area contributed by atoms with Gasteiger partial charge in [0.15, 0.2) is 0 Å². The summed E-state index contributed by atoms with van der Waals surface area (Å²) in [6.07, 6.45) is 0. The van der Waals surface area contributed by atoms with Crippen LogP contribution in [0.3, 0.4) is 0 Å². The first-order valence-electron chi connectivity index (χ1n) is 6.92. The lowest BCUT2D eigenvalue weighted by molar-refractivity contribution is 0.236. The Balaban J connectivity index is 2.22. The van der Waals surface area contributed by atoms with Gasteiger partial charge in [-0.25, -0.2) is 4.39 Å². The van der Waals surface area contributed by atoms with E-state index in [4.69, 9.17) is 5.73 Å². The Morgan fingerprint density at radius 1 is 1.24 bits per heavy atom. The molecule has 112 valence electrons. The Labute approximate surface area is 133 Å². The van der Waals surface area contributed by atoms with Gasteiger partial charge in [-0.3, -0.25) is 4.90 Å². The van der Waals surface area contributed by atoms with Gasteiger partial charge in [0, 0.05) is 29.2 Å². The van der Waals surface area contributed by atoms with Crippen molar-refractivity contribution in [3.05, 3.63) is 69.4 Å². The van der Waals surface area contributed by atoms with E-state index < -0.39 is 0 Å². The maximum Gasteiger partial charge on any atom is 0.128 e. The molecule has 0 saturated heterocycles. The molecule has 2 aromatic rings. The summed E-state index contributed by atoms with van der Waals surface area (Å²) >= 11 is 3.39. The molecule has 0 aliphatic carbocycles. The van der Waals surface area contributed by atoms with Crippen LogP contribution in [-0.4, -0.2) is 18.5 Å². The predicted molar refractivity (Wildman–Crippen MR) is 88.5 cm³/mol. The Morgan fingerprint density at radius 2 is 2.00 bits per heavy atom. The zero-order valence-electron chi connectivity index (χ0n) is 12.3. The fourth-order valence-corrected chi connectivity index (χ4v) is 2.90. The molecule has 0 fully saturated rings. The summed E-state index contributed by atoms with van der Waals surface area (Å²) in [6, 6.07) is 13.2. The summed E-state index contributed by atoms with van der Waals surface area (Å²) in [5.41, 5.74) is 8.93. The van der Waals surface area contributed by atoms with Gasteiger partial charge in [-0.2, -0.15) is 0 Å². The average molecular weight is 351 g/mol. The molecule has 2 aromatic carbocycles. The highest BCUT2D eigenvalue weighted by atomic mass is 79.9. The molecule has 1 atom stereocenters. The van der Waals surface area contributed by atoms with Crippen molar-refractivity contribution in [3.8, 4) is 0 Å². The standard InChI is InChI=1S/C17H20BrFN2/c1-12-4-3-5-13(8-12)11-21(2)17(10-20)15-9-14(18)6-7-16(15)19/h3-9,17H,10-11,20H2,1-2H3. The smallest absolute Gasteiger partial charge is 0.128 e. The third-order valence-electron chi connectivity index (χ3n) is 3.59. The Bertz CT molecular complexity index is 615. The summed E-state index contributed by atoms with van der Waals surface area (Å²) in [4.78, 5) is 2.08. The monoisotopic (exact) mass is 350 g/mol. The van der Waals surface area contributed by atoms with Gasteiger partial charge < -0.3 is 5.73 Å². The third kappa shape index (κ3) is 4.13. The van der Waals surface area contributed by atoms with E-state index in [1.807, 2.05) is 13.1 Å². The van der Waals surface area contributed by atoms with Gasteiger partial charge in [0.05, 0.1) is 0 Å². The highest BCUT2D eigenvalue weighted by Crippen LogP contribution is 2.26. The highest BCUT2D eigenvalue weighted by Gasteiger charge is 2.19. The first-order chi connectivity index (χ1) is 10.0. The molecule has 1 unspecified atom stereocenters. The van der Waals surface area contributed by atoms with Crippen molar-refractivity contribution in [1.82, 2.24) is 4.90 Å². The van der Waals surface area contributed by atoms with E-state index in [1.54, 1.807) is 12.1 Å². The maximum absolute atomic E-state index is 14.1. The van der Waals surface area contributed by atoms with Crippen LogP contribution in [0, 0.1) is 12.7 Å². The molecule has 0 aromatic heterocycles. The lowest BCUT2D eigenvalue weighted by Gasteiger charge is -2.28. The van der Waals surface area contributed by atoms with E-state index in [1.165, 1.54) is 17.2 Å². The van der Waals surface area contributed by atoms with E-state index in [0.29, 0.717) is 12.1 Å².